The largest absolute Gasteiger partial charge is 0.326 e. The standard InChI is InChI=1S/C22H24N6/c1-3-27-9-6-16(7-10-27)20-15-28-11-8-19(25-22(28)14-23-20)17-4-5-21-18(12-17)13-24-26(21)2/h4-6,8,12-15H,3,7,9-11H2,1-2H3. The van der Waals surface area contributed by atoms with Gasteiger partial charge in [-0.2, -0.15) is 5.10 Å². The molecule has 0 unspecified atom stereocenters. The highest BCUT2D eigenvalue weighted by molar-refractivity contribution is 6.32. The van der Waals surface area contributed by atoms with Gasteiger partial charge in [-0.3, -0.25) is 14.6 Å². The summed E-state index contributed by atoms with van der Waals surface area (Å²) in [6, 6.07) is 6.37. The van der Waals surface area contributed by atoms with E-state index in [0.29, 0.717) is 0 Å². The van der Waals surface area contributed by atoms with Crippen LogP contribution in [0.25, 0.3) is 16.6 Å². The van der Waals surface area contributed by atoms with Crippen LogP contribution in [0.4, 0.5) is 0 Å². The number of allylic oxidation sites excluding steroid dienone is 1. The minimum absolute atomic E-state index is 0.809. The van der Waals surface area contributed by atoms with Gasteiger partial charge in [0.15, 0.2) is 5.84 Å². The van der Waals surface area contributed by atoms with Gasteiger partial charge in [0.25, 0.3) is 0 Å². The van der Waals surface area contributed by atoms with Crippen molar-refractivity contribution in [1.82, 2.24) is 19.6 Å². The summed E-state index contributed by atoms with van der Waals surface area (Å²) in [4.78, 5) is 14.2. The Bertz CT molecular complexity index is 1080. The van der Waals surface area contributed by atoms with Gasteiger partial charge in [0.1, 0.15) is 0 Å². The van der Waals surface area contributed by atoms with Crippen molar-refractivity contribution < 1.29 is 0 Å². The molecule has 0 atom stereocenters. The van der Waals surface area contributed by atoms with Gasteiger partial charge >= 0.3 is 0 Å². The van der Waals surface area contributed by atoms with Gasteiger partial charge in [-0.15, -0.1) is 0 Å². The molecule has 3 aliphatic rings. The molecule has 0 aliphatic carbocycles. The van der Waals surface area contributed by atoms with E-state index in [1.165, 1.54) is 5.57 Å². The van der Waals surface area contributed by atoms with E-state index in [1.54, 1.807) is 0 Å². The molecule has 1 aromatic carbocycles. The molecule has 0 saturated carbocycles. The summed E-state index contributed by atoms with van der Waals surface area (Å²) in [6.45, 7) is 6.25. The molecule has 6 nitrogen and oxygen atoms in total. The topological polar surface area (TPSA) is 49.0 Å². The van der Waals surface area contributed by atoms with Gasteiger partial charge in [0.2, 0.25) is 0 Å². The van der Waals surface area contributed by atoms with Crippen molar-refractivity contribution in [2.75, 3.05) is 26.2 Å². The zero-order chi connectivity index (χ0) is 19.1. The average Bonchev–Trinajstić information content (AvgIpc) is 3.13. The molecule has 0 radical (unpaired) electrons. The molecule has 4 heterocycles. The van der Waals surface area contributed by atoms with Crippen LogP contribution in [0.3, 0.4) is 0 Å². The van der Waals surface area contributed by atoms with Crippen molar-refractivity contribution in [2.45, 2.75) is 13.3 Å². The summed E-state index contributed by atoms with van der Waals surface area (Å²) >= 11 is 0. The Morgan fingerprint density at radius 2 is 2.04 bits per heavy atom. The van der Waals surface area contributed by atoms with Crippen molar-refractivity contribution in [3.8, 4) is 0 Å². The van der Waals surface area contributed by atoms with Gasteiger partial charge in [0, 0.05) is 43.8 Å². The van der Waals surface area contributed by atoms with Crippen molar-refractivity contribution >= 4 is 28.7 Å². The van der Waals surface area contributed by atoms with Crippen molar-refractivity contribution in [2.24, 2.45) is 17.0 Å². The summed E-state index contributed by atoms with van der Waals surface area (Å²) in [5.41, 5.74) is 5.66. The van der Waals surface area contributed by atoms with E-state index in [2.05, 4.69) is 58.4 Å². The van der Waals surface area contributed by atoms with Crippen LogP contribution < -0.4 is 0 Å². The van der Waals surface area contributed by atoms with E-state index in [4.69, 9.17) is 9.98 Å². The molecule has 0 amide bonds. The fraction of sp³-hybridized carbons (Fsp3) is 0.318. The first-order chi connectivity index (χ1) is 13.7. The molecule has 0 bridgehead atoms. The number of likely N-dealkylation sites (N-methyl/N-ethyl adjacent to an activating group) is 1. The second-order valence-electron chi connectivity index (χ2n) is 7.40. The molecule has 0 spiro atoms. The number of aromatic nitrogens is 2. The maximum absolute atomic E-state index is 4.85. The zero-order valence-corrected chi connectivity index (χ0v) is 16.3. The van der Waals surface area contributed by atoms with E-state index in [9.17, 15) is 0 Å². The van der Waals surface area contributed by atoms with Crippen LogP contribution in [0, 0.1) is 0 Å². The first-order valence-corrected chi connectivity index (χ1v) is 9.86. The van der Waals surface area contributed by atoms with Crippen LogP contribution in [0.1, 0.15) is 18.9 Å². The number of amidine groups is 1. The third-order valence-corrected chi connectivity index (χ3v) is 5.72. The van der Waals surface area contributed by atoms with Gasteiger partial charge < -0.3 is 4.90 Å². The Hall–Kier alpha value is -2.99. The SMILES string of the molecule is CCN1CC=C(C2=CN3CC=C(c4ccc5c(cnn5C)c4)N=C3C=N2)CC1. The lowest BCUT2D eigenvalue weighted by Crippen LogP contribution is -2.33. The highest BCUT2D eigenvalue weighted by Gasteiger charge is 2.21. The summed E-state index contributed by atoms with van der Waals surface area (Å²) in [7, 11) is 1.96. The molecular weight excluding hydrogens is 348 g/mol. The van der Waals surface area contributed by atoms with Gasteiger partial charge in [-0.05, 0) is 36.7 Å². The van der Waals surface area contributed by atoms with Crippen LogP contribution in [0.15, 0.2) is 64.0 Å². The number of fused-ring (bicyclic) bond motifs is 2. The summed E-state index contributed by atoms with van der Waals surface area (Å²) in [6.07, 6.45) is 11.5. The Morgan fingerprint density at radius 3 is 2.86 bits per heavy atom. The number of benzene rings is 1. The normalized spacial score (nSPS) is 19.9. The lowest BCUT2D eigenvalue weighted by atomic mass is 10.0. The predicted octanol–water partition coefficient (Wildman–Crippen LogP) is 3.21. The zero-order valence-electron chi connectivity index (χ0n) is 16.3. The Labute approximate surface area is 164 Å². The van der Waals surface area contributed by atoms with Crippen molar-refractivity contribution in [3.05, 3.63) is 59.6 Å². The van der Waals surface area contributed by atoms with E-state index >= 15 is 0 Å². The Kier molecular flexibility index (Phi) is 4.20. The number of aryl methyl sites for hydroxylation is 1. The Balaban J connectivity index is 1.37. The maximum Gasteiger partial charge on any atom is 0.152 e. The smallest absolute Gasteiger partial charge is 0.152 e. The van der Waals surface area contributed by atoms with Crippen LogP contribution in [0.2, 0.25) is 0 Å². The summed E-state index contributed by atoms with van der Waals surface area (Å²) < 4.78 is 1.89. The highest BCUT2D eigenvalue weighted by atomic mass is 15.2. The quantitative estimate of drug-likeness (QED) is 0.831. The fourth-order valence-corrected chi connectivity index (χ4v) is 3.94. The molecular formula is C22H24N6. The average molecular weight is 372 g/mol. The number of hydrogen-bond donors (Lipinski definition) is 0. The van der Waals surface area contributed by atoms with E-state index < -0.39 is 0 Å². The summed E-state index contributed by atoms with van der Waals surface area (Å²) in [5, 5.41) is 5.46. The second-order valence-corrected chi connectivity index (χ2v) is 7.40. The third-order valence-electron chi connectivity index (χ3n) is 5.72. The Morgan fingerprint density at radius 1 is 1.11 bits per heavy atom. The number of nitrogens with zero attached hydrogens (tertiary/aromatic N) is 6. The lowest BCUT2D eigenvalue weighted by Gasteiger charge is -2.29. The second kappa shape index (κ2) is 6.87. The molecule has 28 heavy (non-hydrogen) atoms. The van der Waals surface area contributed by atoms with Crippen molar-refractivity contribution in [1.29, 1.82) is 0 Å². The van der Waals surface area contributed by atoms with E-state index in [-0.39, 0.29) is 0 Å². The molecule has 0 saturated heterocycles. The third kappa shape index (κ3) is 2.99. The van der Waals surface area contributed by atoms with E-state index in [0.717, 1.165) is 66.3 Å². The molecule has 2 aromatic rings. The number of hydrogen-bond acceptors (Lipinski definition) is 5. The molecule has 0 N–H and O–H groups in total. The molecule has 5 rings (SSSR count). The monoisotopic (exact) mass is 372 g/mol. The first kappa shape index (κ1) is 17.1. The van der Waals surface area contributed by atoms with Gasteiger partial charge in [-0.25, -0.2) is 4.99 Å². The minimum Gasteiger partial charge on any atom is -0.326 e. The van der Waals surface area contributed by atoms with E-state index in [1.807, 2.05) is 24.1 Å². The molecule has 6 heteroatoms. The lowest BCUT2D eigenvalue weighted by molar-refractivity contribution is 0.311. The molecule has 3 aliphatic heterocycles. The first-order valence-electron chi connectivity index (χ1n) is 9.86. The van der Waals surface area contributed by atoms with Crippen LogP contribution in [0.5, 0.6) is 0 Å². The molecule has 0 fully saturated rings. The van der Waals surface area contributed by atoms with Gasteiger partial charge in [0.05, 0.1) is 29.3 Å². The van der Waals surface area contributed by atoms with Crippen LogP contribution >= 0.6 is 0 Å². The van der Waals surface area contributed by atoms with Gasteiger partial charge in [-0.1, -0.05) is 19.1 Å². The predicted molar refractivity (Wildman–Crippen MR) is 114 cm³/mol. The fourth-order valence-electron chi connectivity index (χ4n) is 3.94. The molecule has 1 aromatic heterocycles. The van der Waals surface area contributed by atoms with Crippen LogP contribution in [-0.4, -0.2) is 57.8 Å². The highest BCUT2D eigenvalue weighted by Crippen LogP contribution is 2.27. The maximum atomic E-state index is 4.85. The minimum atomic E-state index is 0.809. The number of rotatable bonds is 3. The summed E-state index contributed by atoms with van der Waals surface area (Å²) in [5.74, 6) is 0.902. The van der Waals surface area contributed by atoms with Crippen LogP contribution in [-0.2, 0) is 7.05 Å². The number of aliphatic imine (C=N–C) groups is 2. The molecule has 142 valence electrons. The van der Waals surface area contributed by atoms with Crippen molar-refractivity contribution in [3.63, 3.8) is 0 Å².